The van der Waals surface area contributed by atoms with Gasteiger partial charge in [0.25, 0.3) is 0 Å². The van der Waals surface area contributed by atoms with Gasteiger partial charge in [-0.15, -0.1) is 0 Å². The molecule has 1 aliphatic carbocycles. The molecule has 3 nitrogen and oxygen atoms in total. The molecule has 2 aliphatic rings. The van der Waals surface area contributed by atoms with E-state index in [2.05, 4.69) is 0 Å². The topological polar surface area (TPSA) is 43.4 Å². The molecule has 0 spiro atoms. The lowest BCUT2D eigenvalue weighted by atomic mass is 9.97. The van der Waals surface area contributed by atoms with Gasteiger partial charge in [-0.25, -0.2) is 8.42 Å². The first-order chi connectivity index (χ1) is 6.66. The lowest BCUT2D eigenvalue weighted by molar-refractivity contribution is -0.0169. The van der Waals surface area contributed by atoms with Crippen LogP contribution < -0.4 is 0 Å². The zero-order chi connectivity index (χ0) is 10.0. The highest BCUT2D eigenvalue weighted by Crippen LogP contribution is 2.24. The highest BCUT2D eigenvalue weighted by molar-refractivity contribution is 7.91. The summed E-state index contributed by atoms with van der Waals surface area (Å²) in [5.41, 5.74) is 0. The maximum atomic E-state index is 11.2. The van der Waals surface area contributed by atoms with Crippen LogP contribution in [-0.2, 0) is 14.6 Å². The molecule has 1 saturated heterocycles. The van der Waals surface area contributed by atoms with Crippen molar-refractivity contribution >= 4 is 9.84 Å². The van der Waals surface area contributed by atoms with Gasteiger partial charge < -0.3 is 4.74 Å². The summed E-state index contributed by atoms with van der Waals surface area (Å²) in [5, 5.41) is 0. The molecule has 0 aromatic carbocycles. The minimum Gasteiger partial charge on any atom is -0.374 e. The van der Waals surface area contributed by atoms with E-state index in [0.717, 1.165) is 12.8 Å². The predicted molar refractivity (Wildman–Crippen MR) is 55.0 cm³/mol. The number of sulfone groups is 1. The van der Waals surface area contributed by atoms with Crippen molar-refractivity contribution in [1.82, 2.24) is 0 Å². The van der Waals surface area contributed by atoms with Crippen molar-refractivity contribution < 1.29 is 13.2 Å². The van der Waals surface area contributed by atoms with Gasteiger partial charge in [-0.1, -0.05) is 19.3 Å². The molecule has 0 bridgehead atoms. The van der Waals surface area contributed by atoms with Crippen LogP contribution in [0.15, 0.2) is 0 Å². The largest absolute Gasteiger partial charge is 0.374 e. The summed E-state index contributed by atoms with van der Waals surface area (Å²) >= 11 is 0. The lowest BCUT2D eigenvalue weighted by Gasteiger charge is -2.24. The second-order valence-corrected chi connectivity index (χ2v) is 6.65. The Morgan fingerprint density at radius 2 is 1.64 bits per heavy atom. The Labute approximate surface area is 85.8 Å². The summed E-state index contributed by atoms with van der Waals surface area (Å²) in [6.45, 7) is 0. The van der Waals surface area contributed by atoms with Crippen LogP contribution in [0.2, 0.25) is 0 Å². The monoisotopic (exact) mass is 218 g/mol. The molecular weight excluding hydrogens is 200 g/mol. The zero-order valence-corrected chi connectivity index (χ0v) is 9.26. The predicted octanol–water partition coefficient (Wildman–Crippen LogP) is 1.52. The number of ether oxygens (including phenoxy) is 1. The van der Waals surface area contributed by atoms with E-state index in [1.165, 1.54) is 19.3 Å². The maximum Gasteiger partial charge on any atom is 0.152 e. The Hall–Kier alpha value is -0.0900. The summed E-state index contributed by atoms with van der Waals surface area (Å²) < 4.78 is 28.2. The van der Waals surface area contributed by atoms with Crippen LogP contribution in [-0.4, -0.2) is 32.1 Å². The molecule has 1 atom stereocenters. The minimum atomic E-state index is -2.77. The van der Waals surface area contributed by atoms with Crippen molar-refractivity contribution in [1.29, 1.82) is 0 Å². The van der Waals surface area contributed by atoms with E-state index in [4.69, 9.17) is 4.74 Å². The molecule has 82 valence electrons. The molecule has 4 heteroatoms. The summed E-state index contributed by atoms with van der Waals surface area (Å²) in [4.78, 5) is 0. The molecule has 2 rings (SSSR count). The van der Waals surface area contributed by atoms with Gasteiger partial charge in [0.15, 0.2) is 9.84 Å². The fourth-order valence-electron chi connectivity index (χ4n) is 2.34. The molecular formula is C10H18O3S. The summed E-state index contributed by atoms with van der Waals surface area (Å²) in [5.74, 6) is 0.577. The van der Waals surface area contributed by atoms with Gasteiger partial charge in [-0.3, -0.25) is 0 Å². The first kappa shape index (κ1) is 10.4. The molecule has 0 N–H and O–H groups in total. The van der Waals surface area contributed by atoms with E-state index in [-0.39, 0.29) is 11.9 Å². The molecule has 1 unspecified atom stereocenters. The van der Waals surface area contributed by atoms with Crippen LogP contribution in [0.4, 0.5) is 0 Å². The Morgan fingerprint density at radius 1 is 0.929 bits per heavy atom. The Morgan fingerprint density at radius 3 is 2.21 bits per heavy atom. The molecule has 1 aliphatic heterocycles. The van der Waals surface area contributed by atoms with Gasteiger partial charge >= 0.3 is 0 Å². The first-order valence-corrected chi connectivity index (χ1v) is 7.34. The third-order valence-corrected chi connectivity index (χ3v) is 4.87. The van der Waals surface area contributed by atoms with Crippen LogP contribution in [0.1, 0.15) is 38.5 Å². The van der Waals surface area contributed by atoms with Gasteiger partial charge in [-0.05, 0) is 19.3 Å². The molecule has 14 heavy (non-hydrogen) atoms. The zero-order valence-electron chi connectivity index (χ0n) is 8.44. The Bertz CT molecular complexity index is 278. The molecule has 0 aromatic rings. The number of rotatable bonds is 2. The normalized spacial score (nSPS) is 33.3. The summed E-state index contributed by atoms with van der Waals surface area (Å²) in [6.07, 6.45) is 7.06. The van der Waals surface area contributed by atoms with Crippen molar-refractivity contribution in [2.75, 3.05) is 11.5 Å². The van der Waals surface area contributed by atoms with Crippen LogP contribution in [0.3, 0.4) is 0 Å². The Kier molecular flexibility index (Phi) is 3.12. The van der Waals surface area contributed by atoms with E-state index in [1.54, 1.807) is 0 Å². The lowest BCUT2D eigenvalue weighted by Crippen LogP contribution is -2.25. The third kappa shape index (κ3) is 2.70. The molecule has 1 saturated carbocycles. The van der Waals surface area contributed by atoms with Crippen molar-refractivity contribution in [3.8, 4) is 0 Å². The first-order valence-electron chi connectivity index (χ1n) is 5.52. The van der Waals surface area contributed by atoms with Crippen LogP contribution in [0.25, 0.3) is 0 Å². The molecule has 0 radical (unpaired) electrons. The quantitative estimate of drug-likeness (QED) is 0.706. The average molecular weight is 218 g/mol. The van der Waals surface area contributed by atoms with E-state index in [9.17, 15) is 8.42 Å². The minimum absolute atomic E-state index is 0.0110. The fourth-order valence-corrected chi connectivity index (χ4v) is 3.94. The van der Waals surface area contributed by atoms with Crippen LogP contribution in [0, 0.1) is 0 Å². The SMILES string of the molecule is O=S1(=O)CCC(OC2CCCCC2)C1. The second kappa shape index (κ2) is 4.19. The molecule has 0 amide bonds. The van der Waals surface area contributed by atoms with Gasteiger partial charge in [0, 0.05) is 0 Å². The van der Waals surface area contributed by atoms with Crippen molar-refractivity contribution in [3.05, 3.63) is 0 Å². The highest BCUT2D eigenvalue weighted by Gasteiger charge is 2.30. The van der Waals surface area contributed by atoms with Gasteiger partial charge in [-0.2, -0.15) is 0 Å². The summed E-state index contributed by atoms with van der Waals surface area (Å²) in [7, 11) is -2.77. The average Bonchev–Trinajstić information content (AvgIpc) is 2.47. The Balaban J connectivity index is 1.80. The standard InChI is InChI=1S/C10H18O3S/c11-14(12)7-6-10(8-14)13-9-4-2-1-3-5-9/h9-10H,1-8H2. The fraction of sp³-hybridized carbons (Fsp3) is 1.00. The van der Waals surface area contributed by atoms with E-state index in [0.29, 0.717) is 18.3 Å². The van der Waals surface area contributed by atoms with E-state index < -0.39 is 9.84 Å². The van der Waals surface area contributed by atoms with Crippen LogP contribution in [0.5, 0.6) is 0 Å². The van der Waals surface area contributed by atoms with Crippen LogP contribution >= 0.6 is 0 Å². The van der Waals surface area contributed by atoms with Gasteiger partial charge in [0.1, 0.15) is 0 Å². The van der Waals surface area contributed by atoms with Crippen molar-refractivity contribution in [2.45, 2.75) is 50.7 Å². The maximum absolute atomic E-state index is 11.2. The second-order valence-electron chi connectivity index (χ2n) is 4.42. The van der Waals surface area contributed by atoms with Gasteiger partial charge in [0.05, 0.1) is 23.7 Å². The number of hydrogen-bond acceptors (Lipinski definition) is 3. The van der Waals surface area contributed by atoms with E-state index in [1.807, 2.05) is 0 Å². The van der Waals surface area contributed by atoms with E-state index >= 15 is 0 Å². The molecule has 0 aromatic heterocycles. The van der Waals surface area contributed by atoms with Gasteiger partial charge in [0.2, 0.25) is 0 Å². The summed E-state index contributed by atoms with van der Waals surface area (Å²) in [6, 6.07) is 0. The van der Waals surface area contributed by atoms with Crippen molar-refractivity contribution in [3.63, 3.8) is 0 Å². The highest BCUT2D eigenvalue weighted by atomic mass is 32.2. The van der Waals surface area contributed by atoms with Crippen molar-refractivity contribution in [2.24, 2.45) is 0 Å². The third-order valence-electron chi connectivity index (χ3n) is 3.13. The smallest absolute Gasteiger partial charge is 0.152 e. The molecule has 1 heterocycles. The molecule has 2 fully saturated rings. The number of hydrogen-bond donors (Lipinski definition) is 0.